The lowest BCUT2D eigenvalue weighted by atomic mass is 9.75. The van der Waals surface area contributed by atoms with Crippen molar-refractivity contribution in [2.24, 2.45) is 10.2 Å². The van der Waals surface area contributed by atoms with E-state index in [9.17, 15) is 0 Å². The number of para-hydroxylation sites is 2. The highest BCUT2D eigenvalue weighted by Crippen LogP contribution is 2.47. The number of anilines is 2. The van der Waals surface area contributed by atoms with Crippen LogP contribution in [0.15, 0.2) is 107 Å². The highest BCUT2D eigenvalue weighted by molar-refractivity contribution is 5.70. The van der Waals surface area contributed by atoms with Crippen LogP contribution >= 0.6 is 0 Å². The Morgan fingerprint density at radius 1 is 0.600 bits per heavy atom. The first kappa shape index (κ1) is 43.1. The molecule has 0 saturated carbocycles. The van der Waals surface area contributed by atoms with E-state index in [0.717, 1.165) is 11.4 Å². The predicted octanol–water partition coefficient (Wildman–Crippen LogP) is 8.14. The fraction of sp³-hybridized carbons (Fsp3) is 0.512. The van der Waals surface area contributed by atoms with Gasteiger partial charge >= 0.3 is 0 Å². The summed E-state index contributed by atoms with van der Waals surface area (Å²) in [6.45, 7) is 15.8. The first-order valence-corrected chi connectivity index (χ1v) is 18.8. The molecule has 0 radical (unpaired) electrons. The van der Waals surface area contributed by atoms with Gasteiger partial charge in [-0.2, -0.15) is 0 Å². The number of azide groups is 2. The van der Waals surface area contributed by atoms with E-state index in [0.29, 0.717) is 99.0 Å². The van der Waals surface area contributed by atoms with Crippen LogP contribution in [0.4, 0.5) is 11.4 Å². The van der Waals surface area contributed by atoms with Crippen LogP contribution in [0.3, 0.4) is 0 Å². The van der Waals surface area contributed by atoms with Crippen LogP contribution < -0.4 is 9.80 Å². The van der Waals surface area contributed by atoms with Crippen LogP contribution in [-0.2, 0) is 39.3 Å². The Bertz CT molecular complexity index is 1710. The van der Waals surface area contributed by atoms with E-state index in [4.69, 9.17) is 39.5 Å². The number of hydrogen-bond donors (Lipinski definition) is 0. The molecule has 0 fully saturated rings. The molecule has 2 aliphatic rings. The van der Waals surface area contributed by atoms with Gasteiger partial charge in [0.05, 0.1) is 72.7 Å². The van der Waals surface area contributed by atoms with Gasteiger partial charge in [0.15, 0.2) is 0 Å². The second-order valence-corrected chi connectivity index (χ2v) is 13.8. The number of rotatable bonds is 26. The molecule has 2 aliphatic heterocycles. The SMILES string of the molecule is CC1(C)C(/C=C/C=C/C=C2/N(COCCOCCOCCN=[N+]=[N-])c3ccccc3C2(C)C)=CN(CCOCCOCCOCCN=[N+]=[N-])c2ccccc21. The second-order valence-electron chi connectivity index (χ2n) is 13.8. The monoisotopic (exact) mass is 756 g/mol. The predicted molar refractivity (Wildman–Crippen MR) is 216 cm³/mol. The number of hydrogen-bond acceptors (Lipinski definition) is 10. The fourth-order valence-electron chi connectivity index (χ4n) is 6.49. The maximum Gasteiger partial charge on any atom is 0.123 e. The van der Waals surface area contributed by atoms with Crippen molar-refractivity contribution in [3.8, 4) is 0 Å². The Hall–Kier alpha value is -4.62. The summed E-state index contributed by atoms with van der Waals surface area (Å²) in [5.74, 6) is 0. The fourth-order valence-corrected chi connectivity index (χ4v) is 6.49. The molecular formula is C41H56N8O6. The van der Waals surface area contributed by atoms with Gasteiger partial charge in [-0.05, 0) is 46.0 Å². The number of benzene rings is 2. The smallest absolute Gasteiger partial charge is 0.123 e. The van der Waals surface area contributed by atoms with Crippen LogP contribution in [-0.4, -0.2) is 99.0 Å². The van der Waals surface area contributed by atoms with E-state index in [1.807, 2.05) is 0 Å². The van der Waals surface area contributed by atoms with Gasteiger partial charge in [-0.1, -0.05) is 98.6 Å². The Morgan fingerprint density at radius 2 is 1.11 bits per heavy atom. The van der Waals surface area contributed by atoms with Crippen molar-refractivity contribution in [2.45, 2.75) is 38.5 Å². The molecule has 2 aromatic rings. The van der Waals surface area contributed by atoms with Crippen molar-refractivity contribution in [3.05, 3.63) is 128 Å². The third kappa shape index (κ3) is 13.0. The van der Waals surface area contributed by atoms with Crippen molar-refractivity contribution < 1.29 is 28.4 Å². The van der Waals surface area contributed by atoms with E-state index in [1.165, 1.54) is 22.4 Å². The minimum atomic E-state index is -0.201. The van der Waals surface area contributed by atoms with Crippen molar-refractivity contribution in [3.63, 3.8) is 0 Å². The molecule has 0 bridgehead atoms. The normalized spacial score (nSPS) is 16.3. The zero-order chi connectivity index (χ0) is 39.2. The number of ether oxygens (including phenoxy) is 6. The molecule has 2 heterocycles. The molecule has 0 saturated heterocycles. The molecule has 0 unspecified atom stereocenters. The lowest BCUT2D eigenvalue weighted by Crippen LogP contribution is -2.33. The summed E-state index contributed by atoms with van der Waals surface area (Å²) in [7, 11) is 0. The topological polar surface area (TPSA) is 159 Å². The first-order valence-electron chi connectivity index (χ1n) is 18.8. The first-order chi connectivity index (χ1) is 26.8. The molecule has 14 heteroatoms. The molecule has 296 valence electrons. The van der Waals surface area contributed by atoms with Gasteiger partial charge in [0.1, 0.15) is 6.73 Å². The Balaban J connectivity index is 1.32. The average Bonchev–Trinajstić information content (AvgIpc) is 3.40. The van der Waals surface area contributed by atoms with Crippen molar-refractivity contribution in [1.29, 1.82) is 0 Å². The van der Waals surface area contributed by atoms with Gasteiger partial charge in [-0.15, -0.1) is 0 Å². The van der Waals surface area contributed by atoms with Crippen LogP contribution in [0, 0.1) is 0 Å². The molecule has 0 amide bonds. The Labute approximate surface area is 325 Å². The summed E-state index contributed by atoms with van der Waals surface area (Å²) in [6, 6.07) is 17.0. The van der Waals surface area contributed by atoms with E-state index in [2.05, 4.69) is 143 Å². The van der Waals surface area contributed by atoms with Crippen molar-refractivity contribution in [2.75, 3.05) is 109 Å². The number of fused-ring (bicyclic) bond motifs is 2. The molecule has 0 aliphatic carbocycles. The van der Waals surface area contributed by atoms with Gasteiger partial charge in [-0.25, -0.2) is 0 Å². The minimum Gasteiger partial charge on any atom is -0.379 e. The highest BCUT2D eigenvalue weighted by Gasteiger charge is 2.39. The Kier molecular flexibility index (Phi) is 18.3. The van der Waals surface area contributed by atoms with E-state index in [-0.39, 0.29) is 10.8 Å². The van der Waals surface area contributed by atoms with Gasteiger partial charge < -0.3 is 38.2 Å². The molecule has 0 atom stereocenters. The van der Waals surface area contributed by atoms with Gasteiger partial charge in [0.25, 0.3) is 0 Å². The molecule has 0 N–H and O–H groups in total. The third-order valence-corrected chi connectivity index (χ3v) is 9.44. The quantitative estimate of drug-likeness (QED) is 0.0306. The molecule has 14 nitrogen and oxygen atoms in total. The molecule has 2 aromatic carbocycles. The molecular weight excluding hydrogens is 701 g/mol. The van der Waals surface area contributed by atoms with E-state index < -0.39 is 0 Å². The molecule has 0 aromatic heterocycles. The Morgan fingerprint density at radius 3 is 1.71 bits per heavy atom. The van der Waals surface area contributed by atoms with Crippen LogP contribution in [0.5, 0.6) is 0 Å². The minimum absolute atomic E-state index is 0.180. The standard InChI is InChI=1S/C41H56N8O6/c1-40(2)34(32-48(37-15-10-8-13-35(37)40)20-23-52-26-29-53-27-24-50-21-18-44-46-42)12-6-5-7-17-39-41(3,4)36-14-9-11-16-38(36)49(39)33-55-31-30-54-28-25-51-22-19-45-47-43/h5-17,32H,18-31,33H2,1-4H3/b7-5+,12-6+,39-17+. The zero-order valence-electron chi connectivity index (χ0n) is 32.7. The van der Waals surface area contributed by atoms with Crippen LogP contribution in [0.25, 0.3) is 20.9 Å². The third-order valence-electron chi connectivity index (χ3n) is 9.44. The van der Waals surface area contributed by atoms with Crippen LogP contribution in [0.1, 0.15) is 38.8 Å². The molecule has 4 rings (SSSR count). The lowest BCUT2D eigenvalue weighted by Gasteiger charge is -2.38. The van der Waals surface area contributed by atoms with E-state index >= 15 is 0 Å². The molecule has 55 heavy (non-hydrogen) atoms. The second kappa shape index (κ2) is 23.3. The van der Waals surface area contributed by atoms with Gasteiger partial charge in [0, 0.05) is 63.6 Å². The van der Waals surface area contributed by atoms with Gasteiger partial charge in [0.2, 0.25) is 0 Å². The zero-order valence-corrected chi connectivity index (χ0v) is 32.7. The lowest BCUT2D eigenvalue weighted by molar-refractivity contribution is 0.0168. The van der Waals surface area contributed by atoms with Crippen molar-refractivity contribution >= 4 is 11.4 Å². The number of nitrogens with zero attached hydrogens (tertiary/aromatic N) is 8. The summed E-state index contributed by atoms with van der Waals surface area (Å²) in [6.07, 6.45) is 12.9. The number of allylic oxidation sites excluding steroid dienone is 7. The summed E-state index contributed by atoms with van der Waals surface area (Å²) in [5.41, 5.74) is 23.5. The summed E-state index contributed by atoms with van der Waals surface area (Å²) in [4.78, 5) is 9.92. The maximum absolute atomic E-state index is 8.32. The van der Waals surface area contributed by atoms with Gasteiger partial charge in [-0.3, -0.25) is 0 Å². The summed E-state index contributed by atoms with van der Waals surface area (Å²) >= 11 is 0. The molecule has 0 spiro atoms. The van der Waals surface area contributed by atoms with Crippen LogP contribution in [0.2, 0.25) is 0 Å². The highest BCUT2D eigenvalue weighted by atomic mass is 16.6. The average molecular weight is 757 g/mol. The van der Waals surface area contributed by atoms with Crippen molar-refractivity contribution in [1.82, 2.24) is 0 Å². The maximum atomic E-state index is 8.32. The van der Waals surface area contributed by atoms with E-state index in [1.54, 1.807) is 0 Å². The summed E-state index contributed by atoms with van der Waals surface area (Å²) < 4.78 is 34.0. The summed E-state index contributed by atoms with van der Waals surface area (Å²) in [5, 5.41) is 6.88. The largest absolute Gasteiger partial charge is 0.379 e.